The van der Waals surface area contributed by atoms with Gasteiger partial charge in [-0.15, -0.1) is 0 Å². The predicted octanol–water partition coefficient (Wildman–Crippen LogP) is 1.37. The molecule has 1 aromatic rings. The number of aldehydes is 1. The molecule has 0 N–H and O–H groups in total. The average molecular weight is 258 g/mol. The molecule has 19 heavy (non-hydrogen) atoms. The number of hydrogen-bond donors (Lipinski definition) is 0. The van der Waals surface area contributed by atoms with Gasteiger partial charge in [-0.2, -0.15) is 5.26 Å². The van der Waals surface area contributed by atoms with Gasteiger partial charge in [0.25, 0.3) is 0 Å². The molecule has 1 aliphatic heterocycles. The Kier molecular flexibility index (Phi) is 3.81. The topological polar surface area (TPSA) is 70.4 Å². The third-order valence-electron chi connectivity index (χ3n) is 3.31. The molecular formula is C14H14N2O3. The summed E-state index contributed by atoms with van der Waals surface area (Å²) < 4.78 is 4.63. The van der Waals surface area contributed by atoms with Crippen LogP contribution in [0.4, 0.5) is 5.69 Å². The van der Waals surface area contributed by atoms with Crippen LogP contribution in [0.15, 0.2) is 18.2 Å². The number of nitrogens with zero attached hydrogens (tertiary/aromatic N) is 2. The van der Waals surface area contributed by atoms with E-state index in [0.29, 0.717) is 12.1 Å². The third-order valence-corrected chi connectivity index (χ3v) is 3.31. The molecule has 5 nitrogen and oxygen atoms in total. The van der Waals surface area contributed by atoms with E-state index in [4.69, 9.17) is 5.26 Å². The van der Waals surface area contributed by atoms with Crippen molar-refractivity contribution in [2.24, 2.45) is 5.92 Å². The number of methoxy groups -OCH3 is 1. The number of carbonyl (C=O) groups excluding carboxylic acids is 2. The Bertz CT molecular complexity index is 548. The van der Waals surface area contributed by atoms with E-state index < -0.39 is 5.97 Å². The molecule has 1 saturated heterocycles. The summed E-state index contributed by atoms with van der Waals surface area (Å²) in [6, 6.07) is 7.04. The van der Waals surface area contributed by atoms with E-state index in [9.17, 15) is 9.59 Å². The van der Waals surface area contributed by atoms with Crippen molar-refractivity contribution in [1.29, 1.82) is 5.26 Å². The molecule has 0 unspecified atom stereocenters. The van der Waals surface area contributed by atoms with Crippen LogP contribution in [-0.4, -0.2) is 32.5 Å². The highest BCUT2D eigenvalue weighted by Gasteiger charge is 2.23. The van der Waals surface area contributed by atoms with Crippen LogP contribution in [-0.2, 0) is 9.53 Å². The number of benzene rings is 1. The number of carbonyl (C=O) groups is 2. The van der Waals surface area contributed by atoms with Crippen molar-refractivity contribution in [3.63, 3.8) is 0 Å². The van der Waals surface area contributed by atoms with Gasteiger partial charge in [0.1, 0.15) is 12.4 Å². The largest absolute Gasteiger partial charge is 0.465 e. The van der Waals surface area contributed by atoms with Crippen LogP contribution < -0.4 is 4.90 Å². The lowest BCUT2D eigenvalue weighted by Gasteiger charge is -2.18. The summed E-state index contributed by atoms with van der Waals surface area (Å²) in [5, 5.41) is 9.10. The third kappa shape index (κ3) is 2.58. The summed E-state index contributed by atoms with van der Waals surface area (Å²) in [6.45, 7) is 1.44. The van der Waals surface area contributed by atoms with E-state index in [0.717, 1.165) is 24.9 Å². The summed E-state index contributed by atoms with van der Waals surface area (Å²) in [7, 11) is 1.28. The minimum absolute atomic E-state index is 0.0471. The van der Waals surface area contributed by atoms with Gasteiger partial charge in [0.2, 0.25) is 0 Å². The molecule has 1 fully saturated rings. The van der Waals surface area contributed by atoms with Crippen LogP contribution in [0.2, 0.25) is 0 Å². The van der Waals surface area contributed by atoms with E-state index in [2.05, 4.69) is 4.74 Å². The maximum Gasteiger partial charge on any atom is 0.339 e. The fourth-order valence-corrected chi connectivity index (χ4v) is 2.24. The zero-order valence-corrected chi connectivity index (χ0v) is 10.6. The van der Waals surface area contributed by atoms with Crippen molar-refractivity contribution in [3.05, 3.63) is 29.3 Å². The highest BCUT2D eigenvalue weighted by Crippen LogP contribution is 2.25. The molecule has 2 rings (SSSR count). The van der Waals surface area contributed by atoms with Gasteiger partial charge in [0.05, 0.1) is 18.2 Å². The second-order valence-corrected chi connectivity index (χ2v) is 4.46. The first kappa shape index (κ1) is 13.1. The number of rotatable bonds is 3. The van der Waals surface area contributed by atoms with Crippen LogP contribution in [0.1, 0.15) is 22.3 Å². The van der Waals surface area contributed by atoms with Gasteiger partial charge in [-0.3, -0.25) is 0 Å². The van der Waals surface area contributed by atoms with Crippen molar-refractivity contribution in [2.45, 2.75) is 6.42 Å². The molecule has 1 heterocycles. The van der Waals surface area contributed by atoms with Crippen molar-refractivity contribution < 1.29 is 14.3 Å². The molecule has 0 aromatic heterocycles. The maximum atomic E-state index is 11.5. The highest BCUT2D eigenvalue weighted by atomic mass is 16.5. The first-order valence-corrected chi connectivity index (χ1v) is 6.02. The zero-order chi connectivity index (χ0) is 13.8. The molecule has 1 aromatic carbocycles. The maximum absolute atomic E-state index is 11.5. The minimum Gasteiger partial charge on any atom is -0.465 e. The monoisotopic (exact) mass is 258 g/mol. The Balaban J connectivity index is 2.28. The minimum atomic E-state index is -0.518. The van der Waals surface area contributed by atoms with E-state index in [1.165, 1.54) is 7.11 Å². The van der Waals surface area contributed by atoms with Crippen LogP contribution >= 0.6 is 0 Å². The van der Waals surface area contributed by atoms with Gasteiger partial charge in [-0.1, -0.05) is 0 Å². The standard InChI is InChI=1S/C14H14N2O3/c1-19-14(18)13-3-2-12(6-11(13)7-15)16-5-4-10(8-16)9-17/h2-3,6,9-10H,4-5,8H2,1H3/t10-/m1/s1. The smallest absolute Gasteiger partial charge is 0.339 e. The molecule has 0 aliphatic carbocycles. The van der Waals surface area contributed by atoms with Crippen LogP contribution in [0.5, 0.6) is 0 Å². The SMILES string of the molecule is COC(=O)c1ccc(N2CC[C@@H](C=O)C2)cc1C#N. The normalized spacial score (nSPS) is 17.9. The fourth-order valence-electron chi connectivity index (χ4n) is 2.24. The van der Waals surface area contributed by atoms with Crippen LogP contribution in [0.25, 0.3) is 0 Å². The lowest BCUT2D eigenvalue weighted by Crippen LogP contribution is -2.20. The molecular weight excluding hydrogens is 244 g/mol. The molecule has 1 atom stereocenters. The summed E-state index contributed by atoms with van der Waals surface area (Å²) in [6.07, 6.45) is 1.79. The fraction of sp³-hybridized carbons (Fsp3) is 0.357. The Labute approximate surface area is 111 Å². The van der Waals surface area contributed by atoms with E-state index >= 15 is 0 Å². The molecule has 1 aliphatic rings. The average Bonchev–Trinajstić information content (AvgIpc) is 2.94. The molecule has 0 bridgehead atoms. The first-order valence-electron chi connectivity index (χ1n) is 6.02. The van der Waals surface area contributed by atoms with Gasteiger partial charge in [0.15, 0.2) is 0 Å². The number of anilines is 1. The van der Waals surface area contributed by atoms with Crippen molar-refractivity contribution in [3.8, 4) is 6.07 Å². The Morgan fingerprint density at radius 1 is 1.58 bits per heavy atom. The lowest BCUT2D eigenvalue weighted by atomic mass is 10.1. The van der Waals surface area contributed by atoms with E-state index in [1.807, 2.05) is 11.0 Å². The number of nitriles is 1. The Hall–Kier alpha value is -2.35. The second-order valence-electron chi connectivity index (χ2n) is 4.46. The van der Waals surface area contributed by atoms with Crippen molar-refractivity contribution in [2.75, 3.05) is 25.1 Å². The van der Waals surface area contributed by atoms with Gasteiger partial charge in [-0.25, -0.2) is 4.79 Å². The van der Waals surface area contributed by atoms with Gasteiger partial charge in [0, 0.05) is 24.7 Å². The van der Waals surface area contributed by atoms with Crippen molar-refractivity contribution >= 4 is 17.9 Å². The van der Waals surface area contributed by atoms with Crippen LogP contribution in [0, 0.1) is 17.2 Å². The molecule has 0 spiro atoms. The highest BCUT2D eigenvalue weighted by molar-refractivity contribution is 5.92. The van der Waals surface area contributed by atoms with Gasteiger partial charge < -0.3 is 14.4 Å². The van der Waals surface area contributed by atoms with E-state index in [1.54, 1.807) is 18.2 Å². The molecule has 0 saturated carbocycles. The molecule has 98 valence electrons. The van der Waals surface area contributed by atoms with Crippen LogP contribution in [0.3, 0.4) is 0 Å². The first-order chi connectivity index (χ1) is 9.19. The molecule has 0 amide bonds. The second kappa shape index (κ2) is 5.53. The van der Waals surface area contributed by atoms with E-state index in [-0.39, 0.29) is 11.5 Å². The van der Waals surface area contributed by atoms with Gasteiger partial charge in [-0.05, 0) is 24.6 Å². The summed E-state index contributed by atoms with van der Waals surface area (Å²) in [5.41, 5.74) is 1.41. The Morgan fingerprint density at radius 3 is 2.95 bits per heavy atom. The summed E-state index contributed by atoms with van der Waals surface area (Å²) in [4.78, 5) is 24.3. The molecule has 0 radical (unpaired) electrons. The number of hydrogen-bond acceptors (Lipinski definition) is 5. The van der Waals surface area contributed by atoms with Gasteiger partial charge >= 0.3 is 5.97 Å². The zero-order valence-electron chi connectivity index (χ0n) is 10.6. The van der Waals surface area contributed by atoms with Crippen molar-refractivity contribution in [1.82, 2.24) is 0 Å². The lowest BCUT2D eigenvalue weighted by molar-refractivity contribution is -0.110. The number of esters is 1. The Morgan fingerprint density at radius 2 is 2.37 bits per heavy atom. The summed E-state index contributed by atoms with van der Waals surface area (Å²) >= 11 is 0. The quantitative estimate of drug-likeness (QED) is 0.605. The predicted molar refractivity (Wildman–Crippen MR) is 68.9 cm³/mol. The summed E-state index contributed by atoms with van der Waals surface area (Å²) in [5.74, 6) is -0.471. The molecule has 5 heteroatoms. The number of ether oxygens (including phenoxy) is 1.